The topological polar surface area (TPSA) is 61.8 Å². The number of ether oxygens (including phenoxy) is 3. The molecule has 1 fully saturated rings. The Labute approximate surface area is 149 Å². The van der Waals surface area contributed by atoms with E-state index >= 15 is 0 Å². The number of benzene rings is 1. The van der Waals surface area contributed by atoms with Gasteiger partial charge >= 0.3 is 11.9 Å². The molecule has 0 aromatic heterocycles. The molecule has 1 saturated carbocycles. The van der Waals surface area contributed by atoms with Gasteiger partial charge in [0.25, 0.3) is 0 Å². The van der Waals surface area contributed by atoms with Crippen molar-refractivity contribution in [3.8, 4) is 5.75 Å². The highest BCUT2D eigenvalue weighted by Crippen LogP contribution is 2.58. The van der Waals surface area contributed by atoms with E-state index in [-0.39, 0.29) is 5.41 Å². The average Bonchev–Trinajstić information content (AvgIpc) is 2.60. The van der Waals surface area contributed by atoms with E-state index in [0.717, 1.165) is 17.7 Å². The molecule has 1 aromatic carbocycles. The first-order valence-electron chi connectivity index (χ1n) is 8.48. The molecule has 0 radical (unpaired) electrons. The van der Waals surface area contributed by atoms with Crippen molar-refractivity contribution in [3.63, 3.8) is 0 Å². The molecule has 0 heterocycles. The summed E-state index contributed by atoms with van der Waals surface area (Å²) in [4.78, 5) is 25.7. The molecule has 0 saturated heterocycles. The van der Waals surface area contributed by atoms with E-state index < -0.39 is 22.8 Å². The minimum Gasteiger partial charge on any atom is -0.497 e. The smallest absolute Gasteiger partial charge is 0.324 e. The van der Waals surface area contributed by atoms with Gasteiger partial charge in [0.2, 0.25) is 0 Å². The summed E-state index contributed by atoms with van der Waals surface area (Å²) in [6.45, 7) is 6.28. The Morgan fingerprint density at radius 1 is 0.880 bits per heavy atom. The molecule has 1 aromatic rings. The number of carbonyl (C=O) groups excluding carboxylic acids is 2. The first kappa shape index (κ1) is 19.3. The second-order valence-electron chi connectivity index (χ2n) is 7.79. The van der Waals surface area contributed by atoms with Crippen LogP contribution in [0.3, 0.4) is 0 Å². The summed E-state index contributed by atoms with van der Waals surface area (Å²) in [6, 6.07) is 7.53. The van der Waals surface area contributed by atoms with Crippen LogP contribution in [0.5, 0.6) is 5.75 Å². The van der Waals surface area contributed by atoms with Gasteiger partial charge < -0.3 is 14.2 Å². The fraction of sp³-hybridized carbons (Fsp3) is 0.600. The molecule has 0 aliphatic heterocycles. The standard InChI is InChI=1S/C20H28O5/c1-18(2)11-12-20(16(21)24-5,17(22)25-6)19(3,13-18)14-7-9-15(23-4)10-8-14/h7-10H,11-13H2,1-6H3. The molecule has 5 heteroatoms. The highest BCUT2D eigenvalue weighted by molar-refractivity contribution is 6.02. The predicted octanol–water partition coefficient (Wildman–Crippen LogP) is 3.50. The highest BCUT2D eigenvalue weighted by atomic mass is 16.5. The van der Waals surface area contributed by atoms with Crippen LogP contribution in [0.15, 0.2) is 24.3 Å². The third-order valence-electron chi connectivity index (χ3n) is 5.75. The van der Waals surface area contributed by atoms with Gasteiger partial charge in [-0.25, -0.2) is 0 Å². The van der Waals surface area contributed by atoms with Crippen LogP contribution in [-0.4, -0.2) is 33.3 Å². The summed E-state index contributed by atoms with van der Waals surface area (Å²) >= 11 is 0. The van der Waals surface area contributed by atoms with Gasteiger partial charge in [-0.1, -0.05) is 32.9 Å². The largest absolute Gasteiger partial charge is 0.497 e. The normalized spacial score (nSPS) is 24.2. The van der Waals surface area contributed by atoms with Gasteiger partial charge in [0.05, 0.1) is 21.3 Å². The fourth-order valence-corrected chi connectivity index (χ4v) is 4.39. The minimum atomic E-state index is -1.36. The summed E-state index contributed by atoms with van der Waals surface area (Å²) in [5.74, 6) is -0.342. The number of hydrogen-bond acceptors (Lipinski definition) is 5. The number of hydrogen-bond donors (Lipinski definition) is 0. The van der Waals surface area contributed by atoms with E-state index in [2.05, 4.69) is 13.8 Å². The van der Waals surface area contributed by atoms with Crippen LogP contribution in [0.25, 0.3) is 0 Å². The molecule has 1 aliphatic carbocycles. The van der Waals surface area contributed by atoms with Crippen molar-refractivity contribution in [2.24, 2.45) is 10.8 Å². The SMILES string of the molecule is COC(=O)C1(C(=O)OC)CCC(C)(C)CC1(C)c1ccc(OC)cc1. The van der Waals surface area contributed by atoms with Crippen LogP contribution in [-0.2, 0) is 24.5 Å². The van der Waals surface area contributed by atoms with Crippen molar-refractivity contribution in [3.05, 3.63) is 29.8 Å². The Bertz CT molecular complexity index is 631. The third kappa shape index (κ3) is 3.00. The van der Waals surface area contributed by atoms with Gasteiger partial charge in [0, 0.05) is 5.41 Å². The third-order valence-corrected chi connectivity index (χ3v) is 5.75. The van der Waals surface area contributed by atoms with E-state index in [1.165, 1.54) is 14.2 Å². The van der Waals surface area contributed by atoms with Gasteiger partial charge in [-0.15, -0.1) is 0 Å². The zero-order chi connectivity index (χ0) is 18.9. The molecule has 1 atom stereocenters. The Balaban J connectivity index is 2.69. The highest BCUT2D eigenvalue weighted by Gasteiger charge is 2.65. The zero-order valence-electron chi connectivity index (χ0n) is 16.0. The molecule has 5 nitrogen and oxygen atoms in total. The van der Waals surface area contributed by atoms with Crippen LogP contribution in [0.4, 0.5) is 0 Å². The molecule has 0 bridgehead atoms. The lowest BCUT2D eigenvalue weighted by Gasteiger charge is -2.53. The number of methoxy groups -OCH3 is 3. The van der Waals surface area contributed by atoms with Crippen molar-refractivity contribution in [1.82, 2.24) is 0 Å². The van der Waals surface area contributed by atoms with E-state index in [1.807, 2.05) is 31.2 Å². The van der Waals surface area contributed by atoms with Crippen LogP contribution in [0.2, 0.25) is 0 Å². The maximum Gasteiger partial charge on any atom is 0.324 e. The lowest BCUT2D eigenvalue weighted by Crippen LogP contribution is -2.59. The Morgan fingerprint density at radius 2 is 1.40 bits per heavy atom. The molecule has 138 valence electrons. The number of carbonyl (C=O) groups is 2. The molecule has 25 heavy (non-hydrogen) atoms. The quantitative estimate of drug-likeness (QED) is 0.616. The van der Waals surface area contributed by atoms with Gasteiger partial charge in [-0.2, -0.15) is 0 Å². The van der Waals surface area contributed by atoms with Crippen molar-refractivity contribution >= 4 is 11.9 Å². The molecule has 0 spiro atoms. The lowest BCUT2D eigenvalue weighted by atomic mass is 9.49. The van der Waals surface area contributed by atoms with E-state index in [0.29, 0.717) is 12.8 Å². The van der Waals surface area contributed by atoms with Crippen molar-refractivity contribution in [2.75, 3.05) is 21.3 Å². The fourth-order valence-electron chi connectivity index (χ4n) is 4.39. The Hall–Kier alpha value is -2.04. The van der Waals surface area contributed by atoms with E-state index in [4.69, 9.17) is 14.2 Å². The van der Waals surface area contributed by atoms with Gasteiger partial charge in [-0.05, 0) is 42.4 Å². The number of rotatable bonds is 4. The zero-order valence-corrected chi connectivity index (χ0v) is 16.0. The summed E-state index contributed by atoms with van der Waals surface area (Å²) in [5.41, 5.74) is -1.22. The molecule has 1 unspecified atom stereocenters. The van der Waals surface area contributed by atoms with E-state index in [1.54, 1.807) is 7.11 Å². The summed E-state index contributed by atoms with van der Waals surface area (Å²) in [5, 5.41) is 0. The summed E-state index contributed by atoms with van der Waals surface area (Å²) < 4.78 is 15.4. The van der Waals surface area contributed by atoms with Crippen LogP contribution in [0, 0.1) is 10.8 Å². The second-order valence-corrected chi connectivity index (χ2v) is 7.79. The first-order chi connectivity index (χ1) is 11.7. The summed E-state index contributed by atoms with van der Waals surface area (Å²) in [7, 11) is 4.25. The maximum absolute atomic E-state index is 12.9. The number of esters is 2. The Kier molecular flexibility index (Phi) is 5.17. The van der Waals surface area contributed by atoms with Crippen LogP contribution in [0.1, 0.15) is 45.6 Å². The van der Waals surface area contributed by atoms with Gasteiger partial charge in [-0.3, -0.25) is 9.59 Å². The lowest BCUT2D eigenvalue weighted by molar-refractivity contribution is -0.181. The van der Waals surface area contributed by atoms with Crippen LogP contribution < -0.4 is 4.74 Å². The predicted molar refractivity (Wildman–Crippen MR) is 94.4 cm³/mol. The van der Waals surface area contributed by atoms with Crippen molar-refractivity contribution in [2.45, 2.75) is 45.4 Å². The first-order valence-corrected chi connectivity index (χ1v) is 8.48. The van der Waals surface area contributed by atoms with E-state index in [9.17, 15) is 9.59 Å². The molecule has 2 rings (SSSR count). The summed E-state index contributed by atoms with van der Waals surface area (Å²) in [6.07, 6.45) is 1.79. The minimum absolute atomic E-state index is 0.0137. The molecule has 1 aliphatic rings. The second kappa shape index (κ2) is 6.70. The van der Waals surface area contributed by atoms with Crippen molar-refractivity contribution in [1.29, 1.82) is 0 Å². The van der Waals surface area contributed by atoms with Crippen molar-refractivity contribution < 1.29 is 23.8 Å². The average molecular weight is 348 g/mol. The van der Waals surface area contributed by atoms with Gasteiger partial charge in [0.1, 0.15) is 5.75 Å². The molecule has 0 N–H and O–H groups in total. The maximum atomic E-state index is 12.9. The molecular weight excluding hydrogens is 320 g/mol. The van der Waals surface area contributed by atoms with Gasteiger partial charge in [0.15, 0.2) is 5.41 Å². The monoisotopic (exact) mass is 348 g/mol. The van der Waals surface area contributed by atoms with Crippen LogP contribution >= 0.6 is 0 Å². The molecular formula is C20H28O5. The Morgan fingerprint density at radius 3 is 1.84 bits per heavy atom. The molecule has 0 amide bonds.